The zero-order valence-electron chi connectivity index (χ0n) is 10.9. The molecule has 1 aliphatic rings. The van der Waals surface area contributed by atoms with Crippen LogP contribution >= 0.6 is 0 Å². The average molecular weight is 233 g/mol. The lowest BCUT2D eigenvalue weighted by atomic mass is 9.91. The van der Waals surface area contributed by atoms with Crippen LogP contribution in [0.2, 0.25) is 0 Å². The quantitative estimate of drug-likeness (QED) is 0.844. The molecule has 2 unspecified atom stereocenters. The maximum absolute atomic E-state index is 5.53. The molecular formula is C15H23NO. The van der Waals surface area contributed by atoms with Crippen molar-refractivity contribution in [1.29, 1.82) is 0 Å². The second-order valence-corrected chi connectivity index (χ2v) is 4.97. The fraction of sp³-hybridized carbons (Fsp3) is 0.600. The first-order valence-corrected chi connectivity index (χ1v) is 6.69. The molecule has 0 radical (unpaired) electrons. The van der Waals surface area contributed by atoms with Gasteiger partial charge in [0.2, 0.25) is 0 Å². The van der Waals surface area contributed by atoms with Crippen molar-refractivity contribution in [3.8, 4) is 0 Å². The lowest BCUT2D eigenvalue weighted by Crippen LogP contribution is -2.29. The monoisotopic (exact) mass is 233 g/mol. The maximum atomic E-state index is 5.53. The van der Waals surface area contributed by atoms with Gasteiger partial charge < -0.3 is 10.1 Å². The van der Waals surface area contributed by atoms with Gasteiger partial charge in [-0.15, -0.1) is 0 Å². The summed E-state index contributed by atoms with van der Waals surface area (Å²) in [6.07, 6.45) is 2.35. The van der Waals surface area contributed by atoms with Crippen molar-refractivity contribution in [2.45, 2.75) is 32.7 Å². The van der Waals surface area contributed by atoms with Crippen LogP contribution in [0.3, 0.4) is 0 Å². The van der Waals surface area contributed by atoms with Gasteiger partial charge in [0.25, 0.3) is 0 Å². The average Bonchev–Trinajstić information content (AvgIpc) is 2.83. The van der Waals surface area contributed by atoms with Crippen LogP contribution in [-0.4, -0.2) is 19.8 Å². The van der Waals surface area contributed by atoms with Gasteiger partial charge in [-0.05, 0) is 31.9 Å². The Morgan fingerprint density at radius 2 is 2.35 bits per heavy atom. The number of rotatable bonds is 5. The molecule has 2 atom stereocenters. The number of hydrogen-bond donors (Lipinski definition) is 1. The second kappa shape index (κ2) is 6.18. The van der Waals surface area contributed by atoms with Crippen LogP contribution in [0.15, 0.2) is 24.3 Å². The van der Waals surface area contributed by atoms with Gasteiger partial charge in [-0.2, -0.15) is 0 Å². The smallest absolute Gasteiger partial charge is 0.0513 e. The van der Waals surface area contributed by atoms with E-state index >= 15 is 0 Å². The summed E-state index contributed by atoms with van der Waals surface area (Å²) in [7, 11) is 0. The first-order chi connectivity index (χ1) is 8.31. The van der Waals surface area contributed by atoms with Crippen LogP contribution < -0.4 is 5.32 Å². The summed E-state index contributed by atoms with van der Waals surface area (Å²) in [4.78, 5) is 0. The molecule has 0 amide bonds. The van der Waals surface area contributed by atoms with Gasteiger partial charge in [0.1, 0.15) is 0 Å². The Balaban J connectivity index is 2.13. The summed E-state index contributed by atoms with van der Waals surface area (Å²) in [5, 5.41) is 3.67. The van der Waals surface area contributed by atoms with E-state index in [1.54, 1.807) is 0 Å². The van der Waals surface area contributed by atoms with Gasteiger partial charge in [0.15, 0.2) is 0 Å². The van der Waals surface area contributed by atoms with Crippen LogP contribution in [-0.2, 0) is 4.74 Å². The van der Waals surface area contributed by atoms with E-state index in [9.17, 15) is 0 Å². The molecule has 1 aromatic carbocycles. The summed E-state index contributed by atoms with van der Waals surface area (Å²) in [6.45, 7) is 7.27. The molecule has 2 heteroatoms. The molecule has 0 saturated carbocycles. The highest BCUT2D eigenvalue weighted by molar-refractivity contribution is 5.25. The molecule has 1 heterocycles. The summed E-state index contributed by atoms with van der Waals surface area (Å²) >= 11 is 0. The van der Waals surface area contributed by atoms with E-state index in [-0.39, 0.29) is 0 Å². The zero-order valence-corrected chi connectivity index (χ0v) is 10.9. The number of ether oxygens (including phenoxy) is 1. The normalized spacial score (nSPS) is 21.6. The molecule has 1 fully saturated rings. The second-order valence-electron chi connectivity index (χ2n) is 4.97. The number of hydrogen-bond acceptors (Lipinski definition) is 2. The minimum absolute atomic E-state index is 0.456. The van der Waals surface area contributed by atoms with Crippen LogP contribution in [0, 0.1) is 12.8 Å². The van der Waals surface area contributed by atoms with Crippen LogP contribution in [0.1, 0.15) is 36.9 Å². The molecule has 17 heavy (non-hydrogen) atoms. The van der Waals surface area contributed by atoms with E-state index in [1.165, 1.54) is 24.0 Å². The van der Waals surface area contributed by atoms with E-state index in [2.05, 4.69) is 43.4 Å². The van der Waals surface area contributed by atoms with Crippen molar-refractivity contribution in [3.05, 3.63) is 35.4 Å². The predicted molar refractivity (Wildman–Crippen MR) is 71.1 cm³/mol. The molecule has 1 aromatic rings. The van der Waals surface area contributed by atoms with Crippen molar-refractivity contribution in [1.82, 2.24) is 5.32 Å². The molecule has 0 bridgehead atoms. The van der Waals surface area contributed by atoms with Gasteiger partial charge in [-0.3, -0.25) is 0 Å². The van der Waals surface area contributed by atoms with Crippen molar-refractivity contribution in [2.24, 2.45) is 5.92 Å². The lowest BCUT2D eigenvalue weighted by Gasteiger charge is -2.24. The third-order valence-electron chi connectivity index (χ3n) is 3.45. The van der Waals surface area contributed by atoms with Crippen LogP contribution in [0.4, 0.5) is 0 Å². The third-order valence-corrected chi connectivity index (χ3v) is 3.45. The van der Waals surface area contributed by atoms with Crippen LogP contribution in [0.5, 0.6) is 0 Å². The Hall–Kier alpha value is -0.860. The first-order valence-electron chi connectivity index (χ1n) is 6.69. The van der Waals surface area contributed by atoms with Crippen LogP contribution in [0.25, 0.3) is 0 Å². The fourth-order valence-electron chi connectivity index (χ4n) is 2.54. The molecule has 2 nitrogen and oxygen atoms in total. The Morgan fingerprint density at radius 1 is 1.47 bits per heavy atom. The van der Waals surface area contributed by atoms with Crippen molar-refractivity contribution in [3.63, 3.8) is 0 Å². The Labute approximate surface area is 104 Å². The summed E-state index contributed by atoms with van der Waals surface area (Å²) < 4.78 is 5.53. The zero-order chi connectivity index (χ0) is 12.1. The topological polar surface area (TPSA) is 21.3 Å². The van der Waals surface area contributed by atoms with Gasteiger partial charge in [-0.1, -0.05) is 36.8 Å². The highest BCUT2D eigenvalue weighted by atomic mass is 16.5. The molecule has 1 N–H and O–H groups in total. The molecule has 0 aliphatic carbocycles. The standard InChI is InChI=1S/C15H23NO/c1-3-8-16-15(14-7-9-17-11-14)13-6-4-5-12(2)10-13/h4-6,10,14-16H,3,7-9,11H2,1-2H3. The summed E-state index contributed by atoms with van der Waals surface area (Å²) in [5.74, 6) is 0.628. The molecule has 1 saturated heterocycles. The van der Waals surface area contributed by atoms with Crippen molar-refractivity contribution >= 4 is 0 Å². The number of nitrogens with one attached hydrogen (secondary N) is 1. The largest absolute Gasteiger partial charge is 0.381 e. The molecule has 2 rings (SSSR count). The molecule has 1 aliphatic heterocycles. The van der Waals surface area contributed by atoms with E-state index in [0.29, 0.717) is 12.0 Å². The molecule has 0 spiro atoms. The molecule has 0 aromatic heterocycles. The minimum Gasteiger partial charge on any atom is -0.381 e. The van der Waals surface area contributed by atoms with Gasteiger partial charge in [0, 0.05) is 18.6 Å². The first kappa shape index (κ1) is 12.6. The SMILES string of the molecule is CCCNC(c1cccc(C)c1)C1CCOC1. The van der Waals surface area contributed by atoms with Gasteiger partial charge in [0.05, 0.1) is 6.61 Å². The maximum Gasteiger partial charge on any atom is 0.0513 e. The van der Waals surface area contributed by atoms with E-state index in [0.717, 1.165) is 19.8 Å². The summed E-state index contributed by atoms with van der Waals surface area (Å²) in [5.41, 5.74) is 2.75. The number of benzene rings is 1. The Bertz CT molecular complexity index is 345. The Kier molecular flexibility index (Phi) is 4.57. The summed E-state index contributed by atoms with van der Waals surface area (Å²) in [6, 6.07) is 9.30. The highest BCUT2D eigenvalue weighted by Crippen LogP contribution is 2.29. The van der Waals surface area contributed by atoms with E-state index in [4.69, 9.17) is 4.74 Å². The van der Waals surface area contributed by atoms with Crippen molar-refractivity contribution < 1.29 is 4.74 Å². The molecule has 94 valence electrons. The van der Waals surface area contributed by atoms with E-state index < -0.39 is 0 Å². The fourth-order valence-corrected chi connectivity index (χ4v) is 2.54. The van der Waals surface area contributed by atoms with E-state index in [1.807, 2.05) is 0 Å². The molecular weight excluding hydrogens is 210 g/mol. The Morgan fingerprint density at radius 3 is 3.00 bits per heavy atom. The number of aryl methyl sites for hydroxylation is 1. The minimum atomic E-state index is 0.456. The highest BCUT2D eigenvalue weighted by Gasteiger charge is 2.26. The van der Waals surface area contributed by atoms with Crippen molar-refractivity contribution in [2.75, 3.05) is 19.8 Å². The van der Waals surface area contributed by atoms with Gasteiger partial charge >= 0.3 is 0 Å². The third kappa shape index (κ3) is 3.30. The predicted octanol–water partition coefficient (Wildman–Crippen LogP) is 3.07. The lowest BCUT2D eigenvalue weighted by molar-refractivity contribution is 0.176. The van der Waals surface area contributed by atoms with Gasteiger partial charge in [-0.25, -0.2) is 0 Å².